The van der Waals surface area contributed by atoms with Gasteiger partial charge < -0.3 is 10.6 Å². The summed E-state index contributed by atoms with van der Waals surface area (Å²) in [5.41, 5.74) is 10.2. The molecule has 1 fully saturated rings. The van der Waals surface area contributed by atoms with Crippen molar-refractivity contribution in [1.29, 1.82) is 0 Å². The number of nitrogens with one attached hydrogen (secondary N) is 1. The van der Waals surface area contributed by atoms with Gasteiger partial charge in [0.15, 0.2) is 0 Å². The van der Waals surface area contributed by atoms with Crippen LogP contribution in [-0.2, 0) is 0 Å². The lowest BCUT2D eigenvalue weighted by Gasteiger charge is -2.31. The van der Waals surface area contributed by atoms with Crippen LogP contribution in [0.5, 0.6) is 0 Å². The number of aromatic amines is 1. The predicted octanol–water partition coefficient (Wildman–Crippen LogP) is 2.78. The van der Waals surface area contributed by atoms with Gasteiger partial charge in [0.2, 0.25) is 5.95 Å². The van der Waals surface area contributed by atoms with Crippen molar-refractivity contribution in [3.63, 3.8) is 0 Å². The SMILES string of the molecule is Cc1cc(C(=O)N2CCC(c3[nH]ncc3-c3ccccc3)CC2)nc(N)n1. The Morgan fingerprint density at radius 2 is 1.93 bits per heavy atom. The van der Waals surface area contributed by atoms with Crippen molar-refractivity contribution < 1.29 is 4.79 Å². The second-order valence-electron chi connectivity index (χ2n) is 6.88. The molecule has 4 rings (SSSR count). The first-order chi connectivity index (χ1) is 13.1. The third kappa shape index (κ3) is 3.53. The van der Waals surface area contributed by atoms with Crippen molar-refractivity contribution in [1.82, 2.24) is 25.1 Å². The van der Waals surface area contributed by atoms with E-state index < -0.39 is 0 Å². The summed E-state index contributed by atoms with van der Waals surface area (Å²) in [7, 11) is 0. The average molecular weight is 362 g/mol. The molecule has 1 aliphatic heterocycles. The summed E-state index contributed by atoms with van der Waals surface area (Å²) in [6.07, 6.45) is 3.65. The molecule has 0 spiro atoms. The smallest absolute Gasteiger partial charge is 0.272 e. The molecule has 2 aromatic heterocycles. The fourth-order valence-electron chi connectivity index (χ4n) is 3.69. The molecule has 1 saturated heterocycles. The van der Waals surface area contributed by atoms with E-state index in [4.69, 9.17) is 5.73 Å². The molecule has 138 valence electrons. The highest BCUT2D eigenvalue weighted by Gasteiger charge is 2.28. The third-order valence-corrected chi connectivity index (χ3v) is 5.03. The highest BCUT2D eigenvalue weighted by Crippen LogP contribution is 2.34. The van der Waals surface area contributed by atoms with E-state index >= 15 is 0 Å². The number of anilines is 1. The van der Waals surface area contributed by atoms with Crippen LogP contribution in [-0.4, -0.2) is 44.1 Å². The maximum absolute atomic E-state index is 12.7. The molecule has 1 amide bonds. The van der Waals surface area contributed by atoms with Crippen LogP contribution < -0.4 is 5.73 Å². The molecule has 0 unspecified atom stereocenters. The number of hydrogen-bond acceptors (Lipinski definition) is 5. The Morgan fingerprint density at radius 1 is 1.19 bits per heavy atom. The van der Waals surface area contributed by atoms with E-state index in [1.54, 1.807) is 6.07 Å². The molecule has 3 heterocycles. The first-order valence-electron chi connectivity index (χ1n) is 9.11. The van der Waals surface area contributed by atoms with Crippen molar-refractivity contribution in [2.75, 3.05) is 18.8 Å². The molecule has 3 aromatic rings. The molecule has 0 bridgehead atoms. The summed E-state index contributed by atoms with van der Waals surface area (Å²) in [5.74, 6) is 0.403. The summed E-state index contributed by atoms with van der Waals surface area (Å²) < 4.78 is 0. The number of carbonyl (C=O) groups excluding carboxylic acids is 1. The second kappa shape index (κ2) is 7.19. The number of piperidine rings is 1. The molecule has 27 heavy (non-hydrogen) atoms. The molecular weight excluding hydrogens is 340 g/mol. The van der Waals surface area contributed by atoms with E-state index in [2.05, 4.69) is 32.3 Å². The largest absolute Gasteiger partial charge is 0.368 e. The monoisotopic (exact) mass is 362 g/mol. The summed E-state index contributed by atoms with van der Waals surface area (Å²) in [6, 6.07) is 11.9. The fraction of sp³-hybridized carbons (Fsp3) is 0.300. The number of benzene rings is 1. The minimum absolute atomic E-state index is 0.0847. The highest BCUT2D eigenvalue weighted by molar-refractivity contribution is 5.92. The molecule has 0 radical (unpaired) electrons. The third-order valence-electron chi connectivity index (χ3n) is 5.03. The number of nitrogen functional groups attached to an aromatic ring is 1. The van der Waals surface area contributed by atoms with E-state index in [0.29, 0.717) is 30.4 Å². The van der Waals surface area contributed by atoms with Crippen LogP contribution in [0.2, 0.25) is 0 Å². The number of H-pyrrole nitrogens is 1. The zero-order valence-electron chi connectivity index (χ0n) is 15.2. The number of aryl methyl sites for hydroxylation is 1. The molecule has 7 heteroatoms. The Hall–Kier alpha value is -3.22. The second-order valence-corrected chi connectivity index (χ2v) is 6.88. The van der Waals surface area contributed by atoms with Gasteiger partial charge in [-0.25, -0.2) is 9.97 Å². The van der Waals surface area contributed by atoms with E-state index in [-0.39, 0.29) is 11.9 Å². The van der Waals surface area contributed by atoms with Gasteiger partial charge >= 0.3 is 0 Å². The zero-order valence-corrected chi connectivity index (χ0v) is 15.2. The molecular formula is C20H22N6O. The number of hydrogen-bond donors (Lipinski definition) is 2. The number of rotatable bonds is 3. The van der Waals surface area contributed by atoms with Crippen LogP contribution in [0.1, 0.15) is 40.6 Å². The lowest BCUT2D eigenvalue weighted by molar-refractivity contribution is 0.0706. The summed E-state index contributed by atoms with van der Waals surface area (Å²) in [5, 5.41) is 7.43. The number of aromatic nitrogens is 4. The number of amides is 1. The topological polar surface area (TPSA) is 101 Å². The Kier molecular flexibility index (Phi) is 4.58. The van der Waals surface area contributed by atoms with Gasteiger partial charge in [0.1, 0.15) is 5.69 Å². The van der Waals surface area contributed by atoms with E-state index in [1.165, 1.54) is 0 Å². The van der Waals surface area contributed by atoms with Gasteiger partial charge in [-0.3, -0.25) is 9.89 Å². The van der Waals surface area contributed by atoms with Gasteiger partial charge in [-0.05, 0) is 31.4 Å². The Morgan fingerprint density at radius 3 is 2.63 bits per heavy atom. The van der Waals surface area contributed by atoms with Crippen LogP contribution in [0.4, 0.5) is 5.95 Å². The average Bonchev–Trinajstić information content (AvgIpc) is 3.17. The normalized spacial score (nSPS) is 15.1. The Balaban J connectivity index is 1.47. The van der Waals surface area contributed by atoms with Gasteiger partial charge in [0, 0.05) is 36.0 Å². The van der Waals surface area contributed by atoms with E-state index in [9.17, 15) is 4.79 Å². The summed E-state index contributed by atoms with van der Waals surface area (Å²) >= 11 is 0. The van der Waals surface area contributed by atoms with Crippen LogP contribution in [0.15, 0.2) is 42.6 Å². The van der Waals surface area contributed by atoms with E-state index in [1.807, 2.05) is 36.2 Å². The van der Waals surface area contributed by atoms with Crippen LogP contribution in [0.3, 0.4) is 0 Å². The quantitative estimate of drug-likeness (QED) is 0.746. The molecule has 0 saturated carbocycles. The lowest BCUT2D eigenvalue weighted by atomic mass is 9.89. The highest BCUT2D eigenvalue weighted by atomic mass is 16.2. The van der Waals surface area contributed by atoms with Gasteiger partial charge in [0.05, 0.1) is 6.20 Å². The van der Waals surface area contributed by atoms with E-state index in [0.717, 1.165) is 29.7 Å². The zero-order chi connectivity index (χ0) is 18.8. The summed E-state index contributed by atoms with van der Waals surface area (Å²) in [6.45, 7) is 3.17. The number of nitrogens with zero attached hydrogens (tertiary/aromatic N) is 4. The first kappa shape index (κ1) is 17.2. The van der Waals surface area contributed by atoms with Gasteiger partial charge in [-0.1, -0.05) is 30.3 Å². The van der Waals surface area contributed by atoms with Crippen molar-refractivity contribution >= 4 is 11.9 Å². The number of carbonyl (C=O) groups is 1. The van der Waals surface area contributed by atoms with Crippen LogP contribution >= 0.6 is 0 Å². The first-order valence-corrected chi connectivity index (χ1v) is 9.11. The van der Waals surface area contributed by atoms with Gasteiger partial charge in [-0.15, -0.1) is 0 Å². The van der Waals surface area contributed by atoms with Crippen molar-refractivity contribution in [3.05, 3.63) is 59.7 Å². The maximum atomic E-state index is 12.7. The van der Waals surface area contributed by atoms with Crippen LogP contribution in [0, 0.1) is 6.92 Å². The Bertz CT molecular complexity index is 924. The molecule has 1 aliphatic rings. The van der Waals surface area contributed by atoms with Crippen molar-refractivity contribution in [2.45, 2.75) is 25.7 Å². The maximum Gasteiger partial charge on any atom is 0.272 e. The van der Waals surface area contributed by atoms with Crippen molar-refractivity contribution in [2.24, 2.45) is 0 Å². The molecule has 7 nitrogen and oxygen atoms in total. The Labute approximate surface area is 157 Å². The van der Waals surface area contributed by atoms with Crippen LogP contribution in [0.25, 0.3) is 11.1 Å². The lowest BCUT2D eigenvalue weighted by Crippen LogP contribution is -2.38. The predicted molar refractivity (Wildman–Crippen MR) is 103 cm³/mol. The molecule has 1 aromatic carbocycles. The minimum Gasteiger partial charge on any atom is -0.368 e. The van der Waals surface area contributed by atoms with Gasteiger partial charge in [-0.2, -0.15) is 5.10 Å². The van der Waals surface area contributed by atoms with Gasteiger partial charge in [0.25, 0.3) is 5.91 Å². The minimum atomic E-state index is -0.0847. The molecule has 0 aliphatic carbocycles. The molecule has 0 atom stereocenters. The standard InChI is InChI=1S/C20H22N6O/c1-13-11-17(24-20(21)23-13)19(27)26-9-7-15(8-10-26)18-16(12-22-25-18)14-5-3-2-4-6-14/h2-6,11-12,15H,7-10H2,1H3,(H,22,25)(H2,21,23,24). The number of likely N-dealkylation sites (tertiary alicyclic amines) is 1. The molecule has 3 N–H and O–H groups in total. The van der Waals surface area contributed by atoms with Crippen molar-refractivity contribution in [3.8, 4) is 11.1 Å². The fourth-order valence-corrected chi connectivity index (χ4v) is 3.69. The summed E-state index contributed by atoms with van der Waals surface area (Å²) in [4.78, 5) is 22.7. The number of nitrogens with two attached hydrogens (primary N) is 1.